The zero-order chi connectivity index (χ0) is 9.98. The van der Waals surface area contributed by atoms with Gasteiger partial charge in [-0.3, -0.25) is 0 Å². The van der Waals surface area contributed by atoms with Gasteiger partial charge in [0.2, 0.25) is 0 Å². The predicted molar refractivity (Wildman–Crippen MR) is 53.7 cm³/mol. The highest BCUT2D eigenvalue weighted by atomic mass is 27.2. The van der Waals surface area contributed by atoms with Gasteiger partial charge in [-0.15, -0.1) is 0 Å². The number of rotatable bonds is 4. The van der Waals surface area contributed by atoms with Gasteiger partial charge in [-0.1, -0.05) is 0 Å². The van der Waals surface area contributed by atoms with E-state index >= 15 is 0 Å². The third-order valence-electron chi connectivity index (χ3n) is 0.655. The van der Waals surface area contributed by atoms with Gasteiger partial charge in [0, 0.05) is 19.3 Å². The van der Waals surface area contributed by atoms with Crippen molar-refractivity contribution < 1.29 is 11.4 Å². The normalized spacial score (nSPS) is 9.58. The molecule has 0 N–H and O–H groups in total. The molecule has 0 fully saturated rings. The van der Waals surface area contributed by atoms with E-state index in [1.165, 1.54) is 0 Å². The van der Waals surface area contributed by atoms with Gasteiger partial charge in [-0.2, -0.15) is 0 Å². The monoisotopic (exact) mass is 205 g/mol. The first-order valence-corrected chi connectivity index (χ1v) is 5.83. The summed E-state index contributed by atoms with van der Waals surface area (Å²) in [7, 11) is 1.69. The van der Waals surface area contributed by atoms with Crippen LogP contribution in [0, 0.1) is 0 Å². The van der Waals surface area contributed by atoms with Crippen molar-refractivity contribution in [2.24, 2.45) is 0 Å². The molecule has 0 amide bonds. The molecule has 12 heavy (non-hydrogen) atoms. The lowest BCUT2D eigenvalue weighted by molar-refractivity contribution is 0.152. The Bertz CT molecular complexity index is 71.1. The van der Waals surface area contributed by atoms with Crippen molar-refractivity contribution in [2.45, 2.75) is 39.9 Å². The fraction of sp³-hybridized carbons (Fsp3) is 1.00. The van der Waals surface area contributed by atoms with Gasteiger partial charge in [0.15, 0.2) is 0 Å². The molecule has 5 heteroatoms. The third kappa shape index (κ3) is 22.4. The molecule has 0 rings (SSSR count). The van der Waals surface area contributed by atoms with E-state index in [1.807, 2.05) is 27.7 Å². The minimum absolute atomic E-state index is 0.245. The average molecular weight is 205 g/mol. The highest BCUT2D eigenvalue weighted by Gasteiger charge is 2.01. The van der Waals surface area contributed by atoms with Crippen molar-refractivity contribution in [3.8, 4) is 0 Å². The molecule has 71 valence electrons. The van der Waals surface area contributed by atoms with Crippen LogP contribution in [0.15, 0.2) is 0 Å². The summed E-state index contributed by atoms with van der Waals surface area (Å²) in [5.41, 5.74) is 0. The molecule has 0 aromatic rings. The molecule has 0 spiro atoms. The molecule has 0 aliphatic rings. The van der Waals surface area contributed by atoms with Crippen LogP contribution >= 0.6 is 0 Å². The first-order chi connectivity index (χ1) is 5.54. The summed E-state index contributed by atoms with van der Waals surface area (Å²) in [6.45, 7) is 8.04. The summed E-state index contributed by atoms with van der Waals surface area (Å²) < 4.78 is 14.8. The summed E-state index contributed by atoms with van der Waals surface area (Å²) in [6, 6.07) is 0. The highest BCUT2D eigenvalue weighted by Crippen LogP contribution is 1.89. The first kappa shape index (κ1) is 15.4. The second kappa shape index (κ2) is 11.9. The van der Waals surface area contributed by atoms with Crippen molar-refractivity contribution in [1.29, 1.82) is 0 Å². The van der Waals surface area contributed by atoms with E-state index in [0.29, 0.717) is 12.2 Å². The van der Waals surface area contributed by atoms with Gasteiger partial charge in [0.25, 0.3) is 0 Å². The van der Waals surface area contributed by atoms with E-state index in [2.05, 4.69) is 3.79 Å². The second-order valence-electron chi connectivity index (χ2n) is 2.87. The Morgan fingerprint density at radius 3 is 1.42 bits per heavy atom. The van der Waals surface area contributed by atoms with E-state index in [0.717, 1.165) is 16.6 Å². The zero-order valence-corrected chi connectivity index (χ0v) is 12.1. The van der Waals surface area contributed by atoms with Gasteiger partial charge in [0.05, 0.1) is 0 Å². The lowest BCUT2D eigenvalue weighted by Crippen LogP contribution is -2.14. The topological polar surface area (TPSA) is 27.7 Å². The Balaban J connectivity index is 0. The minimum atomic E-state index is -0.245. The lowest BCUT2D eigenvalue weighted by Gasteiger charge is -2.09. The van der Waals surface area contributed by atoms with Gasteiger partial charge in [-0.05, 0) is 27.7 Å². The summed E-state index contributed by atoms with van der Waals surface area (Å²) in [6.07, 6.45) is 0.609. The summed E-state index contributed by atoms with van der Waals surface area (Å²) in [5.74, 6) is 0. The van der Waals surface area contributed by atoms with Crippen molar-refractivity contribution >= 4 is 32.5 Å². The Hall–Kier alpha value is 0.945. The third-order valence-corrected chi connectivity index (χ3v) is 1.97. The van der Waals surface area contributed by atoms with E-state index in [-0.39, 0.29) is 15.9 Å². The molecule has 0 aliphatic carbocycles. The summed E-state index contributed by atoms with van der Waals surface area (Å²) in [5, 5.41) is 0. The van der Waals surface area contributed by atoms with Crippen LogP contribution in [-0.4, -0.2) is 51.8 Å². The Labute approximate surface area is 90.9 Å². The van der Waals surface area contributed by atoms with Crippen LogP contribution in [0.5, 0.6) is 0 Å². The largest absolute Gasteiger partial charge is 0.668 e. The molecular formula is C7H19Al2O3. The van der Waals surface area contributed by atoms with Crippen LogP contribution < -0.4 is 0 Å². The number of hydrogen-bond acceptors (Lipinski definition) is 3. The van der Waals surface area contributed by atoms with Crippen molar-refractivity contribution in [3.63, 3.8) is 0 Å². The molecule has 0 unspecified atom stereocenters. The molecule has 0 heterocycles. The highest BCUT2D eigenvalue weighted by molar-refractivity contribution is 6.18. The fourth-order valence-electron chi connectivity index (χ4n) is 0.254. The van der Waals surface area contributed by atoms with Gasteiger partial charge >= 0.3 is 32.5 Å². The van der Waals surface area contributed by atoms with Crippen LogP contribution in [0.4, 0.5) is 0 Å². The van der Waals surface area contributed by atoms with Gasteiger partial charge in [0.1, 0.15) is 0 Å². The van der Waals surface area contributed by atoms with Crippen molar-refractivity contribution in [2.75, 3.05) is 7.11 Å². The lowest BCUT2D eigenvalue weighted by atomic mass is 10.5. The van der Waals surface area contributed by atoms with Crippen molar-refractivity contribution in [1.82, 2.24) is 0 Å². The minimum Gasteiger partial charge on any atom is -0.508 e. The standard InChI is InChI=1S/2C3H7O.CH3O.2Al.2H/c2*1-3(2)4;1-2;;;;/h2*3H,1-2H3;1H3;;;;/q3*-1;+1;+2;;. The molecule has 0 aliphatic heterocycles. The Kier molecular flexibility index (Phi) is 15.3. The zero-order valence-electron chi connectivity index (χ0n) is 8.96. The molecule has 0 aromatic carbocycles. The number of hydrogen-bond donors (Lipinski definition) is 0. The quantitative estimate of drug-likeness (QED) is 0.627. The predicted octanol–water partition coefficient (Wildman–Crippen LogP) is 0.551. The van der Waals surface area contributed by atoms with Crippen LogP contribution in [-0.2, 0) is 11.4 Å². The first-order valence-electron chi connectivity index (χ1n) is 4.07. The maximum absolute atomic E-state index is 5.21. The smallest absolute Gasteiger partial charge is 0.508 e. The van der Waals surface area contributed by atoms with E-state index < -0.39 is 0 Å². The SMILES string of the molecule is CC(C)[O][Al][O]C(C)C.C[O][AlH2]. The van der Waals surface area contributed by atoms with E-state index in [1.54, 1.807) is 7.11 Å². The average Bonchev–Trinajstić information content (AvgIpc) is 1.87. The second-order valence-corrected chi connectivity index (χ2v) is 4.43. The van der Waals surface area contributed by atoms with Crippen LogP contribution in [0.1, 0.15) is 27.7 Å². The van der Waals surface area contributed by atoms with Crippen LogP contribution in [0.3, 0.4) is 0 Å². The molecule has 1 radical (unpaired) electrons. The van der Waals surface area contributed by atoms with E-state index in [4.69, 9.17) is 7.58 Å². The maximum atomic E-state index is 5.21. The van der Waals surface area contributed by atoms with Gasteiger partial charge in [-0.25, -0.2) is 0 Å². The molecule has 0 saturated heterocycles. The molecular weight excluding hydrogens is 186 g/mol. The Morgan fingerprint density at radius 2 is 1.25 bits per heavy atom. The van der Waals surface area contributed by atoms with E-state index in [9.17, 15) is 0 Å². The van der Waals surface area contributed by atoms with Gasteiger partial charge < -0.3 is 11.4 Å². The molecule has 0 aromatic heterocycles. The Morgan fingerprint density at radius 1 is 1.00 bits per heavy atom. The maximum Gasteiger partial charge on any atom is 0.668 e. The van der Waals surface area contributed by atoms with Crippen LogP contribution in [0.25, 0.3) is 0 Å². The molecule has 0 bridgehead atoms. The van der Waals surface area contributed by atoms with Crippen molar-refractivity contribution in [3.05, 3.63) is 0 Å². The fourth-order valence-corrected chi connectivity index (χ4v) is 0.763. The van der Waals surface area contributed by atoms with Crippen LogP contribution in [0.2, 0.25) is 0 Å². The summed E-state index contributed by atoms with van der Waals surface area (Å²) >= 11 is 0.623. The summed E-state index contributed by atoms with van der Waals surface area (Å²) in [4.78, 5) is 0. The molecule has 3 nitrogen and oxygen atoms in total. The molecule has 0 atom stereocenters. The molecule has 0 saturated carbocycles.